The van der Waals surface area contributed by atoms with Crippen LogP contribution in [0.3, 0.4) is 0 Å². The smallest absolute Gasteiger partial charge is 0.410 e. The molecule has 0 radical (unpaired) electrons. The van der Waals surface area contributed by atoms with Crippen LogP contribution in [-0.2, 0) is 34.0 Å². The molecule has 38 heavy (non-hydrogen) atoms. The van der Waals surface area contributed by atoms with Crippen molar-refractivity contribution in [3.05, 3.63) is 130 Å². The van der Waals surface area contributed by atoms with Gasteiger partial charge in [0.25, 0.3) is 0 Å². The van der Waals surface area contributed by atoms with E-state index >= 15 is 0 Å². The molecule has 3 aromatic carbocycles. The Balaban J connectivity index is 1.58. The number of benzene rings is 3. The summed E-state index contributed by atoms with van der Waals surface area (Å²) in [6, 6.07) is 28.8. The Bertz CT molecular complexity index is 1250. The van der Waals surface area contributed by atoms with Crippen molar-refractivity contribution in [2.45, 2.75) is 51.7 Å². The van der Waals surface area contributed by atoms with Gasteiger partial charge in [-0.3, -0.25) is 4.90 Å². The van der Waals surface area contributed by atoms with Crippen molar-refractivity contribution in [1.82, 2.24) is 4.90 Å². The maximum atomic E-state index is 13.6. The lowest BCUT2D eigenvalue weighted by Crippen LogP contribution is -2.50. The van der Waals surface area contributed by atoms with Crippen molar-refractivity contribution in [1.29, 1.82) is 0 Å². The third kappa shape index (κ3) is 7.62. The first-order valence-electron chi connectivity index (χ1n) is 12.7. The summed E-state index contributed by atoms with van der Waals surface area (Å²) in [4.78, 5) is 18.2. The minimum Gasteiger partial charge on any atom is -0.493 e. The summed E-state index contributed by atoms with van der Waals surface area (Å²) in [6.07, 6.45) is 0.310. The van der Waals surface area contributed by atoms with Crippen molar-refractivity contribution >= 4 is 6.09 Å². The predicted molar refractivity (Wildman–Crippen MR) is 144 cm³/mol. The van der Waals surface area contributed by atoms with E-state index in [2.05, 4.69) is 10.0 Å². The molecular weight excluding hydrogens is 480 g/mol. The Morgan fingerprint density at radius 2 is 1.55 bits per heavy atom. The first-order chi connectivity index (χ1) is 18.6. The third-order valence-electron chi connectivity index (χ3n) is 6.43. The summed E-state index contributed by atoms with van der Waals surface area (Å²) < 4.78 is 18.2. The predicted octanol–water partition coefficient (Wildman–Crippen LogP) is 7.13. The minimum absolute atomic E-state index is 0.161. The molecule has 4 rings (SSSR count). The maximum Gasteiger partial charge on any atom is 0.410 e. The van der Waals surface area contributed by atoms with Gasteiger partial charge in [0.2, 0.25) is 0 Å². The molecule has 1 amide bonds. The molecule has 0 aliphatic carbocycles. The zero-order valence-electron chi connectivity index (χ0n) is 21.5. The maximum absolute atomic E-state index is 13.6. The molecule has 0 saturated heterocycles. The van der Waals surface area contributed by atoms with E-state index in [1.807, 2.05) is 91.0 Å². The van der Waals surface area contributed by atoms with Gasteiger partial charge >= 0.3 is 6.09 Å². The molecule has 0 unspecified atom stereocenters. The van der Waals surface area contributed by atoms with Gasteiger partial charge in [-0.05, 0) is 42.0 Å². The molecule has 1 aliphatic rings. The Morgan fingerprint density at radius 3 is 2.13 bits per heavy atom. The second-order valence-electron chi connectivity index (χ2n) is 9.11. The number of rotatable bonds is 11. The SMILES string of the molecule is CC1=C(N=[N+]=[N-])CC[C@@H]([C@@H](COCc2ccccc2)N(Cc2ccccc2)C(=O)OCc2ccccc2)O1. The van der Waals surface area contributed by atoms with Crippen molar-refractivity contribution < 1.29 is 19.0 Å². The van der Waals surface area contributed by atoms with E-state index in [1.165, 1.54) is 0 Å². The second-order valence-corrected chi connectivity index (χ2v) is 9.11. The fourth-order valence-electron chi connectivity index (χ4n) is 4.42. The molecule has 3 aromatic rings. The van der Waals surface area contributed by atoms with E-state index in [-0.39, 0.29) is 19.3 Å². The number of ether oxygens (including phenoxy) is 3. The van der Waals surface area contributed by atoms with Gasteiger partial charge in [0, 0.05) is 11.5 Å². The Hall–Kier alpha value is -4.26. The fourth-order valence-corrected chi connectivity index (χ4v) is 4.42. The average Bonchev–Trinajstić information content (AvgIpc) is 2.96. The summed E-state index contributed by atoms with van der Waals surface area (Å²) in [6.45, 7) is 2.93. The van der Waals surface area contributed by atoms with E-state index < -0.39 is 12.1 Å². The van der Waals surface area contributed by atoms with E-state index in [0.717, 1.165) is 16.7 Å². The van der Waals surface area contributed by atoms with Crippen LogP contribution in [0.25, 0.3) is 10.4 Å². The third-order valence-corrected chi connectivity index (χ3v) is 6.43. The van der Waals surface area contributed by atoms with Crippen LogP contribution in [0.15, 0.2) is 108 Å². The highest BCUT2D eigenvalue weighted by Crippen LogP contribution is 2.29. The summed E-state index contributed by atoms with van der Waals surface area (Å²) in [5, 5.41) is 3.77. The first-order valence-corrected chi connectivity index (χ1v) is 12.7. The number of azide groups is 1. The number of nitrogens with zero attached hydrogens (tertiary/aromatic N) is 4. The molecule has 0 fully saturated rings. The van der Waals surface area contributed by atoms with E-state index in [1.54, 1.807) is 11.8 Å². The topological polar surface area (TPSA) is 96.8 Å². The number of hydrogen-bond acceptors (Lipinski definition) is 5. The van der Waals surface area contributed by atoms with Gasteiger partial charge in [-0.2, -0.15) is 0 Å². The van der Waals surface area contributed by atoms with E-state index in [4.69, 9.17) is 19.7 Å². The molecule has 0 saturated carbocycles. The van der Waals surface area contributed by atoms with E-state index in [9.17, 15) is 4.79 Å². The van der Waals surface area contributed by atoms with Gasteiger partial charge in [0.05, 0.1) is 30.7 Å². The molecule has 0 spiro atoms. The largest absolute Gasteiger partial charge is 0.493 e. The van der Waals surface area contributed by atoms with Gasteiger partial charge < -0.3 is 14.2 Å². The first kappa shape index (κ1) is 26.8. The summed E-state index contributed by atoms with van der Waals surface area (Å²) >= 11 is 0. The monoisotopic (exact) mass is 512 g/mol. The molecule has 8 nitrogen and oxygen atoms in total. The number of carbonyl (C=O) groups excluding carboxylic acids is 1. The lowest BCUT2D eigenvalue weighted by Gasteiger charge is -2.38. The van der Waals surface area contributed by atoms with Gasteiger partial charge in [0.15, 0.2) is 0 Å². The van der Waals surface area contributed by atoms with Crippen LogP contribution in [0, 0.1) is 0 Å². The van der Waals surface area contributed by atoms with Crippen LogP contribution < -0.4 is 0 Å². The highest BCUT2D eigenvalue weighted by molar-refractivity contribution is 5.68. The van der Waals surface area contributed by atoms with Gasteiger partial charge in [0.1, 0.15) is 12.7 Å². The van der Waals surface area contributed by atoms with Crippen LogP contribution in [0.5, 0.6) is 0 Å². The number of amides is 1. The highest BCUT2D eigenvalue weighted by atomic mass is 16.6. The standard InChI is InChI=1S/C30H32N4O4/c1-23-27(32-33-31)17-18-29(38-23)28(22-36-20-25-13-7-3-8-14-25)34(19-24-11-5-2-6-12-24)30(35)37-21-26-15-9-4-10-16-26/h2-16,28-29H,17-22H2,1H3/t28-,29+/m1/s1. The molecular formula is C30H32N4O4. The molecule has 0 bridgehead atoms. The number of carbonyl (C=O) groups is 1. The molecule has 0 aromatic heterocycles. The highest BCUT2D eigenvalue weighted by Gasteiger charge is 2.36. The number of hydrogen-bond donors (Lipinski definition) is 0. The summed E-state index contributed by atoms with van der Waals surface area (Å²) in [7, 11) is 0. The molecule has 0 N–H and O–H groups in total. The lowest BCUT2D eigenvalue weighted by atomic mass is 10.00. The summed E-state index contributed by atoms with van der Waals surface area (Å²) in [5.74, 6) is 0.560. The van der Waals surface area contributed by atoms with E-state index in [0.29, 0.717) is 37.4 Å². The van der Waals surface area contributed by atoms with Crippen molar-refractivity contribution in [3.63, 3.8) is 0 Å². The van der Waals surface area contributed by atoms with Crippen LogP contribution in [0.1, 0.15) is 36.5 Å². The Kier molecular flexibility index (Phi) is 9.79. The zero-order valence-corrected chi connectivity index (χ0v) is 21.5. The van der Waals surface area contributed by atoms with Gasteiger partial charge in [-0.1, -0.05) is 96.1 Å². The lowest BCUT2D eigenvalue weighted by molar-refractivity contribution is -0.0396. The molecule has 2 atom stereocenters. The molecule has 1 heterocycles. The van der Waals surface area contributed by atoms with Crippen molar-refractivity contribution in [2.24, 2.45) is 5.11 Å². The fraction of sp³-hybridized carbons (Fsp3) is 0.300. The Morgan fingerprint density at radius 1 is 0.974 bits per heavy atom. The molecule has 8 heteroatoms. The minimum atomic E-state index is -0.447. The zero-order chi connectivity index (χ0) is 26.6. The molecule has 196 valence electrons. The van der Waals surface area contributed by atoms with Crippen molar-refractivity contribution in [2.75, 3.05) is 6.61 Å². The Labute approximate surface area is 223 Å². The van der Waals surface area contributed by atoms with Crippen LogP contribution in [0.4, 0.5) is 4.79 Å². The second kappa shape index (κ2) is 13.9. The van der Waals surface area contributed by atoms with Gasteiger partial charge in [-0.15, -0.1) is 0 Å². The average molecular weight is 513 g/mol. The summed E-state index contributed by atoms with van der Waals surface area (Å²) in [5.41, 5.74) is 12.4. The number of allylic oxidation sites excluding steroid dienone is 2. The molecule has 1 aliphatic heterocycles. The normalized spacial score (nSPS) is 15.7. The van der Waals surface area contributed by atoms with Gasteiger partial charge in [-0.25, -0.2) is 4.79 Å². The van der Waals surface area contributed by atoms with Crippen LogP contribution in [0.2, 0.25) is 0 Å². The van der Waals surface area contributed by atoms with Crippen LogP contribution >= 0.6 is 0 Å². The quantitative estimate of drug-likeness (QED) is 0.155. The van der Waals surface area contributed by atoms with Crippen molar-refractivity contribution in [3.8, 4) is 0 Å². The van der Waals surface area contributed by atoms with Crippen LogP contribution in [-0.4, -0.2) is 29.7 Å².